The van der Waals surface area contributed by atoms with E-state index in [2.05, 4.69) is 38.1 Å². The first kappa shape index (κ1) is 14.8. The maximum atomic E-state index is 5.71. The van der Waals surface area contributed by atoms with Gasteiger partial charge in [0.05, 0.1) is 18.1 Å². The van der Waals surface area contributed by atoms with E-state index in [1.807, 2.05) is 25.1 Å². The van der Waals surface area contributed by atoms with Crippen LogP contribution in [-0.2, 0) is 6.61 Å². The van der Waals surface area contributed by atoms with Crippen molar-refractivity contribution in [1.82, 2.24) is 9.97 Å². The molecule has 0 bridgehead atoms. The summed E-state index contributed by atoms with van der Waals surface area (Å²) in [4.78, 5) is 8.63. The van der Waals surface area contributed by atoms with Crippen LogP contribution in [0.1, 0.15) is 24.6 Å². The van der Waals surface area contributed by atoms with Gasteiger partial charge in [0.15, 0.2) is 0 Å². The van der Waals surface area contributed by atoms with Crippen molar-refractivity contribution in [3.8, 4) is 5.75 Å². The van der Waals surface area contributed by atoms with E-state index >= 15 is 0 Å². The summed E-state index contributed by atoms with van der Waals surface area (Å²) in [5, 5.41) is 3.19. The lowest BCUT2D eigenvalue weighted by Crippen LogP contribution is -2.04. The summed E-state index contributed by atoms with van der Waals surface area (Å²) in [5.41, 5.74) is 1.96. The fourth-order valence-corrected chi connectivity index (χ4v) is 1.88. The summed E-state index contributed by atoms with van der Waals surface area (Å²) in [6, 6.07) is 5.91. The van der Waals surface area contributed by atoms with E-state index in [0.717, 1.165) is 40.3 Å². The van der Waals surface area contributed by atoms with Crippen molar-refractivity contribution in [3.05, 3.63) is 46.3 Å². The Morgan fingerprint density at radius 1 is 1.25 bits per heavy atom. The monoisotopic (exact) mass is 335 g/mol. The zero-order chi connectivity index (χ0) is 14.4. The van der Waals surface area contributed by atoms with Crippen LogP contribution in [0.4, 0.5) is 5.82 Å². The van der Waals surface area contributed by atoms with E-state index in [-0.39, 0.29) is 0 Å². The van der Waals surface area contributed by atoms with Crippen LogP contribution in [0.15, 0.2) is 35.1 Å². The van der Waals surface area contributed by atoms with E-state index in [1.54, 1.807) is 12.4 Å². The molecule has 0 spiro atoms. The summed E-state index contributed by atoms with van der Waals surface area (Å²) >= 11 is 3.47. The van der Waals surface area contributed by atoms with Gasteiger partial charge < -0.3 is 10.1 Å². The van der Waals surface area contributed by atoms with E-state index in [1.165, 1.54) is 0 Å². The van der Waals surface area contributed by atoms with Crippen molar-refractivity contribution in [2.45, 2.75) is 26.9 Å². The molecule has 1 heterocycles. The number of hydrogen-bond acceptors (Lipinski definition) is 4. The van der Waals surface area contributed by atoms with Crippen molar-refractivity contribution in [3.63, 3.8) is 0 Å². The number of benzene rings is 1. The zero-order valence-electron chi connectivity index (χ0n) is 11.7. The van der Waals surface area contributed by atoms with Gasteiger partial charge in [0.2, 0.25) is 0 Å². The molecular weight excluding hydrogens is 318 g/mol. The van der Waals surface area contributed by atoms with Crippen LogP contribution in [0, 0.1) is 6.92 Å². The Bertz CT molecular complexity index is 558. The highest BCUT2D eigenvalue weighted by molar-refractivity contribution is 9.10. The first-order chi connectivity index (χ1) is 9.69. The average molecular weight is 336 g/mol. The maximum absolute atomic E-state index is 5.71. The first-order valence-corrected chi connectivity index (χ1v) is 7.42. The third-order valence-electron chi connectivity index (χ3n) is 2.78. The number of ether oxygens (including phenoxy) is 1. The van der Waals surface area contributed by atoms with Crippen LogP contribution in [0.5, 0.6) is 5.75 Å². The van der Waals surface area contributed by atoms with Crippen LogP contribution >= 0.6 is 15.9 Å². The van der Waals surface area contributed by atoms with Crippen LogP contribution < -0.4 is 10.1 Å². The molecule has 5 heteroatoms. The van der Waals surface area contributed by atoms with Gasteiger partial charge >= 0.3 is 0 Å². The van der Waals surface area contributed by atoms with E-state index in [4.69, 9.17) is 4.74 Å². The van der Waals surface area contributed by atoms with Crippen LogP contribution in [-0.4, -0.2) is 16.5 Å². The average Bonchev–Trinajstić information content (AvgIpc) is 2.47. The Morgan fingerprint density at radius 3 is 2.75 bits per heavy atom. The number of rotatable bonds is 6. The molecule has 0 saturated heterocycles. The largest absolute Gasteiger partial charge is 0.487 e. The minimum absolute atomic E-state index is 0.419. The summed E-state index contributed by atoms with van der Waals surface area (Å²) in [5.74, 6) is 1.63. The highest BCUT2D eigenvalue weighted by Gasteiger charge is 2.01. The second-order valence-corrected chi connectivity index (χ2v) is 5.37. The van der Waals surface area contributed by atoms with Gasteiger partial charge in [-0.3, -0.25) is 4.98 Å². The molecule has 0 aliphatic rings. The molecule has 0 aliphatic heterocycles. The third kappa shape index (κ3) is 4.20. The molecule has 106 valence electrons. The predicted octanol–water partition coefficient (Wildman–Crippen LogP) is 3.95. The number of aryl methyl sites for hydroxylation is 1. The van der Waals surface area contributed by atoms with Gasteiger partial charge in [-0.2, -0.15) is 0 Å². The molecule has 0 radical (unpaired) electrons. The number of hydrogen-bond donors (Lipinski definition) is 1. The van der Waals surface area contributed by atoms with Crippen LogP contribution in [0.2, 0.25) is 0 Å². The smallest absolute Gasteiger partial charge is 0.144 e. The van der Waals surface area contributed by atoms with Gasteiger partial charge in [0, 0.05) is 11.0 Å². The number of nitrogens with zero attached hydrogens (tertiary/aromatic N) is 2. The van der Waals surface area contributed by atoms with Gasteiger partial charge in [-0.05, 0) is 37.1 Å². The lowest BCUT2D eigenvalue weighted by molar-refractivity contribution is 0.300. The van der Waals surface area contributed by atoms with Gasteiger partial charge in [-0.1, -0.05) is 22.9 Å². The zero-order valence-corrected chi connectivity index (χ0v) is 13.3. The van der Waals surface area contributed by atoms with Crippen LogP contribution in [0.25, 0.3) is 0 Å². The second kappa shape index (κ2) is 7.24. The minimum Gasteiger partial charge on any atom is -0.487 e. The number of nitrogens with one attached hydrogen (secondary N) is 1. The Kier molecular flexibility index (Phi) is 5.35. The summed E-state index contributed by atoms with van der Waals surface area (Å²) in [6.45, 7) is 5.47. The fourth-order valence-electron chi connectivity index (χ4n) is 1.64. The van der Waals surface area contributed by atoms with Crippen molar-refractivity contribution in [2.75, 3.05) is 11.9 Å². The SMILES string of the molecule is CCCNc1cnc(COc2ccc(Br)c(C)c2)cn1. The lowest BCUT2D eigenvalue weighted by atomic mass is 10.2. The molecule has 0 aliphatic carbocycles. The molecule has 0 amide bonds. The van der Waals surface area contributed by atoms with Crippen molar-refractivity contribution in [2.24, 2.45) is 0 Å². The molecule has 0 saturated carbocycles. The lowest BCUT2D eigenvalue weighted by Gasteiger charge is -2.08. The predicted molar refractivity (Wildman–Crippen MR) is 84.0 cm³/mol. The number of halogens is 1. The van der Waals surface area contributed by atoms with Crippen molar-refractivity contribution >= 4 is 21.7 Å². The molecule has 1 aromatic heterocycles. The highest BCUT2D eigenvalue weighted by atomic mass is 79.9. The third-order valence-corrected chi connectivity index (χ3v) is 3.67. The molecule has 1 N–H and O–H groups in total. The molecule has 0 fully saturated rings. The van der Waals surface area contributed by atoms with E-state index in [9.17, 15) is 0 Å². The normalized spacial score (nSPS) is 10.3. The highest BCUT2D eigenvalue weighted by Crippen LogP contribution is 2.22. The maximum Gasteiger partial charge on any atom is 0.144 e. The van der Waals surface area contributed by atoms with Gasteiger partial charge in [-0.25, -0.2) is 4.98 Å². The standard InChI is InChI=1S/C15H18BrN3O/c1-3-6-17-15-9-18-12(8-19-15)10-20-13-4-5-14(16)11(2)7-13/h4-5,7-9H,3,6,10H2,1-2H3,(H,17,19). The van der Waals surface area contributed by atoms with E-state index in [0.29, 0.717) is 6.61 Å². The quantitative estimate of drug-likeness (QED) is 0.868. The molecule has 2 aromatic rings. The Labute approximate surface area is 127 Å². The van der Waals surface area contributed by atoms with Crippen molar-refractivity contribution in [1.29, 1.82) is 0 Å². The fraction of sp³-hybridized carbons (Fsp3) is 0.333. The number of anilines is 1. The van der Waals surface area contributed by atoms with Gasteiger partial charge in [0.25, 0.3) is 0 Å². The Balaban J connectivity index is 1.91. The van der Waals surface area contributed by atoms with Gasteiger partial charge in [0.1, 0.15) is 18.2 Å². The van der Waals surface area contributed by atoms with E-state index < -0.39 is 0 Å². The molecule has 0 atom stereocenters. The second-order valence-electron chi connectivity index (χ2n) is 4.52. The number of aromatic nitrogens is 2. The Hall–Kier alpha value is -1.62. The Morgan fingerprint density at radius 2 is 2.10 bits per heavy atom. The summed E-state index contributed by atoms with van der Waals surface area (Å²) in [6.07, 6.45) is 4.54. The molecule has 4 nitrogen and oxygen atoms in total. The van der Waals surface area contributed by atoms with Crippen LogP contribution in [0.3, 0.4) is 0 Å². The topological polar surface area (TPSA) is 47.0 Å². The minimum atomic E-state index is 0.419. The molecule has 0 unspecified atom stereocenters. The molecule has 2 rings (SSSR count). The van der Waals surface area contributed by atoms with Crippen molar-refractivity contribution < 1.29 is 4.74 Å². The molecular formula is C15H18BrN3O. The molecule has 1 aromatic carbocycles. The summed E-state index contributed by atoms with van der Waals surface area (Å²) < 4.78 is 6.78. The first-order valence-electron chi connectivity index (χ1n) is 6.62. The summed E-state index contributed by atoms with van der Waals surface area (Å²) in [7, 11) is 0. The molecule has 20 heavy (non-hydrogen) atoms. The van der Waals surface area contributed by atoms with Gasteiger partial charge in [-0.15, -0.1) is 0 Å².